The summed E-state index contributed by atoms with van der Waals surface area (Å²) in [6.07, 6.45) is 6.64. The van der Waals surface area contributed by atoms with Crippen molar-refractivity contribution in [2.24, 2.45) is 0 Å². The van der Waals surface area contributed by atoms with Crippen molar-refractivity contribution in [1.82, 2.24) is 25.6 Å². The Kier molecular flexibility index (Phi) is 6.05. The van der Waals surface area contributed by atoms with E-state index in [1.807, 2.05) is 12.1 Å². The van der Waals surface area contributed by atoms with Crippen molar-refractivity contribution in [1.29, 1.82) is 0 Å². The number of aromatic nitrogens is 3. The molecule has 2 aromatic heterocycles. The second-order valence-corrected chi connectivity index (χ2v) is 7.46. The number of rotatable bonds is 8. The summed E-state index contributed by atoms with van der Waals surface area (Å²) in [6, 6.07) is 3.60. The Morgan fingerprint density at radius 3 is 3.04 bits per heavy atom. The van der Waals surface area contributed by atoms with E-state index in [9.17, 15) is 4.79 Å². The van der Waals surface area contributed by atoms with Crippen molar-refractivity contribution in [2.75, 3.05) is 24.1 Å². The average molecular weight is 371 g/mol. The summed E-state index contributed by atoms with van der Waals surface area (Å²) in [7, 11) is 0. The minimum Gasteiger partial charge on any atom is -0.368 e. The van der Waals surface area contributed by atoms with Gasteiger partial charge in [-0.1, -0.05) is 19.8 Å². The van der Waals surface area contributed by atoms with E-state index >= 15 is 0 Å². The first-order chi connectivity index (χ1) is 13.0. The highest BCUT2D eigenvalue weighted by atomic mass is 16.2. The van der Waals surface area contributed by atoms with Crippen LogP contribution in [0, 0.1) is 0 Å². The lowest BCUT2D eigenvalue weighted by atomic mass is 9.94. The normalized spacial score (nSPS) is 19.0. The molecule has 0 saturated carbocycles. The lowest BCUT2D eigenvalue weighted by molar-refractivity contribution is -0.123. The standard InChI is InChI=1S/C19H29N7O/c1-3-4-9-19(2,12-23-17(27)14-8-6-10-21-14)26-16-15-13(7-5-11-22-15)24-18(20)25-16/h5,7,11,14,21H,3-4,6,8-10,12H2,1-2H3,(H,23,27)(H3,20,24,25,26)/t14-,19-/m0/s1. The maximum absolute atomic E-state index is 12.4. The fraction of sp³-hybridized carbons (Fsp3) is 0.579. The maximum atomic E-state index is 12.4. The van der Waals surface area contributed by atoms with Crippen LogP contribution in [0.5, 0.6) is 0 Å². The number of nitrogens with one attached hydrogen (secondary N) is 3. The van der Waals surface area contributed by atoms with Gasteiger partial charge in [0.1, 0.15) is 5.52 Å². The predicted molar refractivity (Wildman–Crippen MR) is 107 cm³/mol. The Bertz CT molecular complexity index is 791. The number of pyridine rings is 1. The Hall–Kier alpha value is -2.48. The molecule has 146 valence electrons. The number of fused-ring (bicyclic) bond motifs is 1. The minimum atomic E-state index is -0.366. The number of amides is 1. The molecule has 2 atom stereocenters. The monoisotopic (exact) mass is 371 g/mol. The molecule has 0 unspecified atom stereocenters. The van der Waals surface area contributed by atoms with Crippen LogP contribution in [-0.4, -0.2) is 45.5 Å². The predicted octanol–water partition coefficient (Wildman–Crippen LogP) is 1.84. The van der Waals surface area contributed by atoms with Gasteiger partial charge in [0.05, 0.1) is 17.1 Å². The molecule has 0 aromatic carbocycles. The van der Waals surface area contributed by atoms with Gasteiger partial charge in [0.2, 0.25) is 11.9 Å². The third-order valence-corrected chi connectivity index (χ3v) is 5.00. The van der Waals surface area contributed by atoms with Gasteiger partial charge < -0.3 is 21.7 Å². The zero-order valence-corrected chi connectivity index (χ0v) is 16.1. The van der Waals surface area contributed by atoms with Crippen LogP contribution in [0.25, 0.3) is 11.0 Å². The molecule has 3 heterocycles. The van der Waals surface area contributed by atoms with Gasteiger partial charge in [0.25, 0.3) is 0 Å². The molecule has 2 aromatic rings. The van der Waals surface area contributed by atoms with Gasteiger partial charge in [-0.3, -0.25) is 9.78 Å². The van der Waals surface area contributed by atoms with Gasteiger partial charge in [0.15, 0.2) is 5.82 Å². The molecule has 3 rings (SSSR count). The van der Waals surface area contributed by atoms with Crippen LogP contribution >= 0.6 is 0 Å². The number of hydrogen-bond donors (Lipinski definition) is 4. The molecule has 1 fully saturated rings. The van der Waals surface area contributed by atoms with E-state index in [2.05, 4.69) is 44.7 Å². The van der Waals surface area contributed by atoms with Crippen molar-refractivity contribution in [2.45, 2.75) is 57.5 Å². The number of carbonyl (C=O) groups is 1. The van der Waals surface area contributed by atoms with E-state index in [1.165, 1.54) is 0 Å². The molecular formula is C19H29N7O. The molecule has 0 radical (unpaired) electrons. The van der Waals surface area contributed by atoms with Crippen LogP contribution in [-0.2, 0) is 4.79 Å². The SMILES string of the molecule is CCCC[C@@](C)(CNC(=O)[C@@H]1CCCN1)Nc1nc(N)nc2cccnc12. The molecule has 0 bridgehead atoms. The molecule has 0 spiro atoms. The highest BCUT2D eigenvalue weighted by Crippen LogP contribution is 2.25. The summed E-state index contributed by atoms with van der Waals surface area (Å²) in [5.74, 6) is 0.863. The van der Waals surface area contributed by atoms with Crippen molar-refractivity contribution < 1.29 is 4.79 Å². The molecule has 1 aliphatic heterocycles. The Morgan fingerprint density at radius 1 is 1.44 bits per heavy atom. The van der Waals surface area contributed by atoms with E-state index in [1.54, 1.807) is 6.20 Å². The fourth-order valence-corrected chi connectivity index (χ4v) is 3.43. The number of nitrogen functional groups attached to an aromatic ring is 1. The second-order valence-electron chi connectivity index (χ2n) is 7.46. The summed E-state index contributed by atoms with van der Waals surface area (Å²) in [5.41, 5.74) is 6.89. The van der Waals surface area contributed by atoms with Crippen molar-refractivity contribution in [3.05, 3.63) is 18.3 Å². The van der Waals surface area contributed by atoms with Gasteiger partial charge in [-0.2, -0.15) is 4.98 Å². The molecule has 8 heteroatoms. The van der Waals surface area contributed by atoms with Gasteiger partial charge in [0, 0.05) is 12.7 Å². The van der Waals surface area contributed by atoms with E-state index in [-0.39, 0.29) is 23.4 Å². The summed E-state index contributed by atoms with van der Waals surface area (Å²) in [4.78, 5) is 25.4. The zero-order chi connectivity index (χ0) is 19.3. The van der Waals surface area contributed by atoms with Crippen LogP contribution in [0.1, 0.15) is 46.0 Å². The number of anilines is 2. The minimum absolute atomic E-state index is 0.0576. The Morgan fingerprint density at radius 2 is 2.30 bits per heavy atom. The summed E-state index contributed by atoms with van der Waals surface area (Å²) in [5, 5.41) is 9.83. The first-order valence-corrected chi connectivity index (χ1v) is 9.68. The van der Waals surface area contributed by atoms with E-state index in [0.717, 1.165) is 38.6 Å². The fourth-order valence-electron chi connectivity index (χ4n) is 3.43. The summed E-state index contributed by atoms with van der Waals surface area (Å²) >= 11 is 0. The Labute approximate surface area is 159 Å². The first kappa shape index (κ1) is 19.3. The molecule has 5 N–H and O–H groups in total. The van der Waals surface area contributed by atoms with Crippen molar-refractivity contribution >= 4 is 28.7 Å². The number of carbonyl (C=O) groups excluding carboxylic acids is 1. The lowest BCUT2D eigenvalue weighted by Crippen LogP contribution is -2.50. The molecule has 8 nitrogen and oxygen atoms in total. The summed E-state index contributed by atoms with van der Waals surface area (Å²) < 4.78 is 0. The molecule has 1 aliphatic rings. The highest BCUT2D eigenvalue weighted by Gasteiger charge is 2.28. The van der Waals surface area contributed by atoms with Gasteiger partial charge in [-0.15, -0.1) is 0 Å². The van der Waals surface area contributed by atoms with Crippen LogP contribution in [0.2, 0.25) is 0 Å². The Balaban J connectivity index is 1.78. The molecule has 1 saturated heterocycles. The number of unbranched alkanes of at least 4 members (excludes halogenated alkanes) is 1. The second kappa shape index (κ2) is 8.47. The topological polar surface area (TPSA) is 118 Å². The molecule has 27 heavy (non-hydrogen) atoms. The van der Waals surface area contributed by atoms with Gasteiger partial charge in [-0.05, 0) is 44.9 Å². The zero-order valence-electron chi connectivity index (χ0n) is 16.1. The van der Waals surface area contributed by atoms with Gasteiger partial charge in [-0.25, -0.2) is 4.98 Å². The summed E-state index contributed by atoms with van der Waals surface area (Å²) in [6.45, 7) is 5.66. The van der Waals surface area contributed by atoms with E-state index in [0.29, 0.717) is 23.4 Å². The van der Waals surface area contributed by atoms with Crippen molar-refractivity contribution in [3.8, 4) is 0 Å². The average Bonchev–Trinajstić information content (AvgIpc) is 3.19. The number of hydrogen-bond acceptors (Lipinski definition) is 7. The van der Waals surface area contributed by atoms with Crippen LogP contribution < -0.4 is 21.7 Å². The maximum Gasteiger partial charge on any atom is 0.237 e. The molecule has 0 aliphatic carbocycles. The lowest BCUT2D eigenvalue weighted by Gasteiger charge is -2.32. The van der Waals surface area contributed by atoms with Crippen LogP contribution in [0.3, 0.4) is 0 Å². The number of nitrogens with zero attached hydrogens (tertiary/aromatic N) is 3. The molecule has 1 amide bonds. The molecular weight excluding hydrogens is 342 g/mol. The highest BCUT2D eigenvalue weighted by molar-refractivity contribution is 5.86. The van der Waals surface area contributed by atoms with E-state index < -0.39 is 0 Å². The van der Waals surface area contributed by atoms with E-state index in [4.69, 9.17) is 5.73 Å². The number of nitrogens with two attached hydrogens (primary N) is 1. The quantitative estimate of drug-likeness (QED) is 0.559. The largest absolute Gasteiger partial charge is 0.368 e. The van der Waals surface area contributed by atoms with Crippen molar-refractivity contribution in [3.63, 3.8) is 0 Å². The van der Waals surface area contributed by atoms with Crippen LogP contribution in [0.4, 0.5) is 11.8 Å². The smallest absolute Gasteiger partial charge is 0.237 e. The first-order valence-electron chi connectivity index (χ1n) is 9.68. The van der Waals surface area contributed by atoms with Crippen LogP contribution in [0.15, 0.2) is 18.3 Å². The third-order valence-electron chi connectivity index (χ3n) is 5.00. The third kappa shape index (κ3) is 4.82. The van der Waals surface area contributed by atoms with Gasteiger partial charge >= 0.3 is 0 Å².